The highest BCUT2D eigenvalue weighted by atomic mass is 16.5. The van der Waals surface area contributed by atoms with Gasteiger partial charge in [0.25, 0.3) is 0 Å². The largest absolute Gasteiger partial charge is 0.466 e. The van der Waals surface area contributed by atoms with Crippen molar-refractivity contribution in [3.63, 3.8) is 0 Å². The lowest BCUT2D eigenvalue weighted by Crippen LogP contribution is -2.45. The number of carbonyl (C=O) groups is 2. The normalized spacial score (nSPS) is 12.5. The number of amides is 1. The summed E-state index contributed by atoms with van der Waals surface area (Å²) in [5.74, 6) is -0.0393. The van der Waals surface area contributed by atoms with Crippen molar-refractivity contribution < 1.29 is 24.5 Å². The van der Waals surface area contributed by atoms with E-state index in [1.165, 1.54) is 276 Å². The smallest absolute Gasteiger partial charge is 0.305 e. The molecule has 0 aromatic carbocycles. The molecule has 0 aliphatic rings. The minimum Gasteiger partial charge on any atom is -0.466 e. The predicted molar refractivity (Wildman–Crippen MR) is 297 cm³/mol. The van der Waals surface area contributed by atoms with Crippen LogP contribution < -0.4 is 5.32 Å². The van der Waals surface area contributed by atoms with Gasteiger partial charge < -0.3 is 20.3 Å². The maximum atomic E-state index is 12.5. The average Bonchev–Trinajstić information content (AvgIpc) is 3.34. The first-order valence-electron chi connectivity index (χ1n) is 31.3. The standard InChI is InChI=1S/C62H123NO5/c1-3-5-7-9-11-13-15-17-18-19-20-21-22-23-24-25-26-27-31-34-38-42-46-50-54-60(65)59(58-64)63-61(66)55-51-47-43-39-35-32-28-29-33-37-41-45-49-53-57-68-62(67)56-52-48-44-40-36-30-16-14-12-10-8-6-4-2/h59-60,64-65H,3-58H2,1-2H3,(H,63,66). The second-order valence-electron chi connectivity index (χ2n) is 21.8. The third-order valence-electron chi connectivity index (χ3n) is 14.9. The second-order valence-corrected chi connectivity index (χ2v) is 21.8. The zero-order chi connectivity index (χ0) is 49.3. The quantitative estimate of drug-likeness (QED) is 0.0417. The van der Waals surface area contributed by atoms with Crippen LogP contribution in [0.25, 0.3) is 0 Å². The molecule has 3 N–H and O–H groups in total. The van der Waals surface area contributed by atoms with E-state index in [-0.39, 0.29) is 18.5 Å². The van der Waals surface area contributed by atoms with Crippen LogP contribution in [0.1, 0.15) is 361 Å². The number of aliphatic hydroxyl groups is 2. The fourth-order valence-corrected chi connectivity index (χ4v) is 10.1. The summed E-state index contributed by atoms with van der Waals surface area (Å²) in [4.78, 5) is 24.6. The Bertz CT molecular complexity index is 975. The van der Waals surface area contributed by atoms with Crippen molar-refractivity contribution in [2.45, 2.75) is 373 Å². The Kier molecular flexibility index (Phi) is 57.5. The van der Waals surface area contributed by atoms with Crippen LogP contribution in [0.5, 0.6) is 0 Å². The van der Waals surface area contributed by atoms with E-state index in [1.807, 2.05) is 0 Å². The minimum absolute atomic E-state index is 0.000995. The molecule has 2 unspecified atom stereocenters. The van der Waals surface area contributed by atoms with E-state index in [0.29, 0.717) is 25.9 Å². The summed E-state index contributed by atoms with van der Waals surface area (Å²) in [5.41, 5.74) is 0. The zero-order valence-electron chi connectivity index (χ0n) is 46.4. The first kappa shape index (κ1) is 66.9. The summed E-state index contributed by atoms with van der Waals surface area (Å²) in [6, 6.07) is -0.549. The van der Waals surface area contributed by atoms with Gasteiger partial charge in [0.05, 0.1) is 25.4 Å². The molecule has 0 aromatic rings. The van der Waals surface area contributed by atoms with Crippen molar-refractivity contribution in [1.82, 2.24) is 5.32 Å². The van der Waals surface area contributed by atoms with Gasteiger partial charge in [-0.1, -0.05) is 322 Å². The highest BCUT2D eigenvalue weighted by molar-refractivity contribution is 5.76. The molecule has 6 heteroatoms. The molecular weight excluding hydrogens is 839 g/mol. The van der Waals surface area contributed by atoms with Gasteiger partial charge in [0, 0.05) is 12.8 Å². The van der Waals surface area contributed by atoms with Crippen molar-refractivity contribution >= 4 is 11.9 Å². The van der Waals surface area contributed by atoms with Crippen LogP contribution in [0.2, 0.25) is 0 Å². The Labute approximate surface area is 426 Å². The van der Waals surface area contributed by atoms with Crippen molar-refractivity contribution in [2.24, 2.45) is 0 Å². The van der Waals surface area contributed by atoms with Gasteiger partial charge >= 0.3 is 5.97 Å². The summed E-state index contributed by atoms with van der Waals surface area (Å²) in [6.07, 6.45) is 68.2. The Morgan fingerprint density at radius 1 is 0.353 bits per heavy atom. The topological polar surface area (TPSA) is 95.9 Å². The molecule has 0 aromatic heterocycles. The molecule has 68 heavy (non-hydrogen) atoms. The summed E-state index contributed by atoms with van der Waals surface area (Å²) in [7, 11) is 0. The van der Waals surface area contributed by atoms with Crippen molar-refractivity contribution in [3.8, 4) is 0 Å². The van der Waals surface area contributed by atoms with Crippen molar-refractivity contribution in [1.29, 1.82) is 0 Å². The first-order chi connectivity index (χ1) is 33.5. The van der Waals surface area contributed by atoms with Crippen molar-refractivity contribution in [3.05, 3.63) is 0 Å². The van der Waals surface area contributed by atoms with E-state index in [4.69, 9.17) is 4.74 Å². The summed E-state index contributed by atoms with van der Waals surface area (Å²) in [5, 5.41) is 23.4. The van der Waals surface area contributed by atoms with Gasteiger partial charge in [-0.05, 0) is 25.7 Å². The third-order valence-corrected chi connectivity index (χ3v) is 14.9. The lowest BCUT2D eigenvalue weighted by molar-refractivity contribution is -0.143. The highest BCUT2D eigenvalue weighted by Gasteiger charge is 2.20. The molecule has 6 nitrogen and oxygen atoms in total. The van der Waals surface area contributed by atoms with Gasteiger partial charge in [-0.3, -0.25) is 9.59 Å². The maximum absolute atomic E-state index is 12.5. The van der Waals surface area contributed by atoms with Crippen LogP contribution in [0.4, 0.5) is 0 Å². The number of carbonyl (C=O) groups excluding carboxylic acids is 2. The van der Waals surface area contributed by atoms with Gasteiger partial charge in [-0.25, -0.2) is 0 Å². The molecule has 406 valence electrons. The van der Waals surface area contributed by atoms with E-state index in [2.05, 4.69) is 19.2 Å². The number of aliphatic hydroxyl groups excluding tert-OH is 2. The van der Waals surface area contributed by atoms with Gasteiger partial charge in [-0.15, -0.1) is 0 Å². The SMILES string of the molecule is CCCCCCCCCCCCCCCCCCCCCCCCCCC(O)C(CO)NC(=O)CCCCCCCCCCCCCCCCOC(=O)CCCCCCCCCCCCCCC. The molecule has 0 saturated heterocycles. The molecule has 2 atom stereocenters. The lowest BCUT2D eigenvalue weighted by Gasteiger charge is -2.22. The Morgan fingerprint density at radius 3 is 0.897 bits per heavy atom. The molecule has 1 amide bonds. The fraction of sp³-hybridized carbons (Fsp3) is 0.968. The fourth-order valence-electron chi connectivity index (χ4n) is 10.1. The third kappa shape index (κ3) is 54.2. The molecule has 0 saturated carbocycles. The second kappa shape index (κ2) is 58.4. The minimum atomic E-state index is -0.671. The molecule has 0 heterocycles. The van der Waals surface area contributed by atoms with E-state index < -0.39 is 12.1 Å². The Balaban J connectivity index is 3.42. The van der Waals surface area contributed by atoms with Crippen LogP contribution in [0, 0.1) is 0 Å². The molecule has 0 fully saturated rings. The predicted octanol–water partition coefficient (Wildman–Crippen LogP) is 19.5. The van der Waals surface area contributed by atoms with E-state index in [0.717, 1.165) is 51.4 Å². The number of ether oxygens (including phenoxy) is 1. The monoisotopic (exact) mass is 962 g/mol. The molecule has 0 aliphatic heterocycles. The van der Waals surface area contributed by atoms with E-state index in [1.54, 1.807) is 0 Å². The molecule has 0 radical (unpaired) electrons. The number of unbranched alkanes of at least 4 members (excludes halogenated alkanes) is 48. The van der Waals surface area contributed by atoms with Gasteiger partial charge in [-0.2, -0.15) is 0 Å². The number of nitrogens with one attached hydrogen (secondary N) is 1. The van der Waals surface area contributed by atoms with Crippen LogP contribution in [0.15, 0.2) is 0 Å². The van der Waals surface area contributed by atoms with Crippen LogP contribution in [0.3, 0.4) is 0 Å². The molecule has 0 aliphatic carbocycles. The summed E-state index contributed by atoms with van der Waals surface area (Å²) in [6.45, 7) is 4.97. The molecule has 0 spiro atoms. The molecule has 0 rings (SSSR count). The first-order valence-corrected chi connectivity index (χ1v) is 31.3. The molecule has 0 bridgehead atoms. The van der Waals surface area contributed by atoms with Gasteiger partial charge in [0.2, 0.25) is 5.91 Å². The Morgan fingerprint density at radius 2 is 0.603 bits per heavy atom. The average molecular weight is 963 g/mol. The van der Waals surface area contributed by atoms with E-state index >= 15 is 0 Å². The Hall–Kier alpha value is -1.14. The number of rotatable bonds is 59. The maximum Gasteiger partial charge on any atom is 0.305 e. The van der Waals surface area contributed by atoms with Crippen LogP contribution >= 0.6 is 0 Å². The lowest BCUT2D eigenvalue weighted by atomic mass is 10.0. The number of hydrogen-bond donors (Lipinski definition) is 3. The van der Waals surface area contributed by atoms with Crippen LogP contribution in [-0.4, -0.2) is 47.4 Å². The molecular formula is C62H123NO5. The van der Waals surface area contributed by atoms with Crippen molar-refractivity contribution in [2.75, 3.05) is 13.2 Å². The summed E-state index contributed by atoms with van der Waals surface area (Å²) < 4.78 is 5.47. The van der Waals surface area contributed by atoms with Gasteiger partial charge in [0.1, 0.15) is 0 Å². The summed E-state index contributed by atoms with van der Waals surface area (Å²) >= 11 is 0. The number of esters is 1. The highest BCUT2D eigenvalue weighted by Crippen LogP contribution is 2.19. The van der Waals surface area contributed by atoms with Gasteiger partial charge in [0.15, 0.2) is 0 Å². The zero-order valence-corrected chi connectivity index (χ0v) is 46.4. The van der Waals surface area contributed by atoms with Crippen LogP contribution in [-0.2, 0) is 14.3 Å². The number of hydrogen-bond acceptors (Lipinski definition) is 5. The van der Waals surface area contributed by atoms with E-state index in [9.17, 15) is 19.8 Å².